The smallest absolute Gasteiger partial charge is 0.416 e. The molecule has 5 rings (SSSR count). The average molecular weight is 653 g/mol. The van der Waals surface area contributed by atoms with E-state index in [9.17, 15) is 35.5 Å². The van der Waals surface area contributed by atoms with Crippen LogP contribution < -0.4 is 4.74 Å². The van der Waals surface area contributed by atoms with Crippen molar-refractivity contribution >= 4 is 6.09 Å². The molecular formula is C34H35F7N2O3. The van der Waals surface area contributed by atoms with Crippen molar-refractivity contribution in [3.63, 3.8) is 0 Å². The summed E-state index contributed by atoms with van der Waals surface area (Å²) in [7, 11) is 1.43. The second-order valence-corrected chi connectivity index (χ2v) is 12.7. The first-order valence-electron chi connectivity index (χ1n) is 14.9. The van der Waals surface area contributed by atoms with Gasteiger partial charge < -0.3 is 9.47 Å². The van der Waals surface area contributed by atoms with Gasteiger partial charge in [0.1, 0.15) is 11.6 Å². The van der Waals surface area contributed by atoms with Gasteiger partial charge in [0.15, 0.2) is 6.10 Å². The lowest BCUT2D eigenvalue weighted by atomic mass is 9.87. The maximum absolute atomic E-state index is 15.0. The van der Waals surface area contributed by atoms with Crippen LogP contribution in [0.4, 0.5) is 35.5 Å². The number of amides is 1. The Morgan fingerprint density at radius 1 is 0.913 bits per heavy atom. The monoisotopic (exact) mass is 652 g/mol. The molecule has 0 N–H and O–H groups in total. The van der Waals surface area contributed by atoms with Crippen LogP contribution >= 0.6 is 0 Å². The highest BCUT2D eigenvalue weighted by Crippen LogP contribution is 2.47. The molecule has 0 aromatic heterocycles. The molecule has 2 heterocycles. The molecule has 1 amide bonds. The molecule has 0 radical (unpaired) electrons. The number of methoxy groups -OCH3 is 1. The van der Waals surface area contributed by atoms with E-state index in [4.69, 9.17) is 9.47 Å². The summed E-state index contributed by atoms with van der Waals surface area (Å²) in [6.07, 6.45) is -12.4. The lowest BCUT2D eigenvalue weighted by Crippen LogP contribution is -2.42. The van der Waals surface area contributed by atoms with Crippen molar-refractivity contribution in [1.29, 1.82) is 0 Å². The van der Waals surface area contributed by atoms with Crippen LogP contribution in [-0.4, -0.2) is 35.1 Å². The zero-order valence-corrected chi connectivity index (χ0v) is 26.3. The maximum atomic E-state index is 15.0. The average Bonchev–Trinajstić information content (AvgIpc) is 3.47. The van der Waals surface area contributed by atoms with E-state index in [0.717, 1.165) is 17.7 Å². The zero-order chi connectivity index (χ0) is 33.9. The molecule has 46 heavy (non-hydrogen) atoms. The molecule has 1 atom stereocenters. The number of carbonyl (C=O) groups excluding carboxylic acids is 1. The highest BCUT2D eigenvalue weighted by Gasteiger charge is 2.50. The highest BCUT2D eigenvalue weighted by molar-refractivity contribution is 5.77. The second kappa shape index (κ2) is 11.8. The third-order valence-electron chi connectivity index (χ3n) is 8.91. The van der Waals surface area contributed by atoms with Gasteiger partial charge in [-0.1, -0.05) is 26.8 Å². The molecule has 3 aromatic rings. The van der Waals surface area contributed by atoms with Gasteiger partial charge in [0, 0.05) is 24.7 Å². The number of hydrogen-bond donors (Lipinski definition) is 0. The number of nitrogens with zero attached hydrogens (tertiary/aromatic N) is 2. The molecule has 5 nitrogen and oxygen atoms in total. The Balaban J connectivity index is 1.62. The molecule has 0 spiro atoms. The van der Waals surface area contributed by atoms with Crippen LogP contribution in [-0.2, 0) is 36.7 Å². The summed E-state index contributed by atoms with van der Waals surface area (Å²) < 4.78 is 108. The minimum absolute atomic E-state index is 0.0446. The Morgan fingerprint density at radius 2 is 1.50 bits per heavy atom. The van der Waals surface area contributed by atoms with Crippen molar-refractivity contribution in [3.8, 4) is 16.9 Å². The van der Waals surface area contributed by atoms with Gasteiger partial charge >= 0.3 is 18.4 Å². The second-order valence-electron chi connectivity index (χ2n) is 12.7. The van der Waals surface area contributed by atoms with E-state index in [1.165, 1.54) is 31.9 Å². The van der Waals surface area contributed by atoms with Crippen LogP contribution in [0.1, 0.15) is 85.6 Å². The summed E-state index contributed by atoms with van der Waals surface area (Å²) in [4.78, 5) is 16.9. The van der Waals surface area contributed by atoms with E-state index in [1.54, 1.807) is 6.07 Å². The van der Waals surface area contributed by atoms with E-state index in [-0.39, 0.29) is 24.3 Å². The Hall–Kier alpha value is -3.80. The van der Waals surface area contributed by atoms with Crippen molar-refractivity contribution < 1.29 is 45.0 Å². The fourth-order valence-corrected chi connectivity index (χ4v) is 6.30. The molecule has 248 valence electrons. The molecule has 3 aromatic carbocycles. The SMILES string of the molecule is CCN1Cc2cc(CN3C(=O)OC(c4cc(C(F)(F)F)cc(C(F)(F)F)c4)C3(C)C)c(-c3cc(C(C)C)c(F)cc3OC)cc2C1. The van der Waals surface area contributed by atoms with Gasteiger partial charge in [0.25, 0.3) is 0 Å². The fourth-order valence-electron chi connectivity index (χ4n) is 6.30. The van der Waals surface area contributed by atoms with Gasteiger partial charge in [-0.05, 0) is 90.0 Å². The number of cyclic esters (lactones) is 1. The van der Waals surface area contributed by atoms with Crippen LogP contribution in [0.3, 0.4) is 0 Å². The molecule has 0 saturated carbocycles. The van der Waals surface area contributed by atoms with Crippen molar-refractivity contribution in [2.45, 2.75) is 84.2 Å². The first-order chi connectivity index (χ1) is 21.3. The van der Waals surface area contributed by atoms with Gasteiger partial charge in [-0.25, -0.2) is 9.18 Å². The van der Waals surface area contributed by atoms with E-state index in [0.29, 0.717) is 47.5 Å². The van der Waals surface area contributed by atoms with Crippen molar-refractivity contribution in [3.05, 3.63) is 87.2 Å². The Labute approximate surface area is 262 Å². The molecular weight excluding hydrogens is 617 g/mol. The Kier molecular flexibility index (Phi) is 8.59. The highest BCUT2D eigenvalue weighted by atomic mass is 19.4. The number of rotatable bonds is 7. The summed E-state index contributed by atoms with van der Waals surface area (Å²) in [5.74, 6) is -0.305. The number of hydrogen-bond acceptors (Lipinski definition) is 4. The number of halogens is 7. The van der Waals surface area contributed by atoms with Crippen molar-refractivity contribution in [1.82, 2.24) is 9.80 Å². The Morgan fingerprint density at radius 3 is 2.02 bits per heavy atom. The lowest BCUT2D eigenvalue weighted by Gasteiger charge is -2.33. The summed E-state index contributed by atoms with van der Waals surface area (Å²) >= 11 is 0. The first-order valence-corrected chi connectivity index (χ1v) is 14.9. The molecule has 1 fully saturated rings. The largest absolute Gasteiger partial charge is 0.496 e. The van der Waals surface area contributed by atoms with Crippen molar-refractivity contribution in [2.75, 3.05) is 13.7 Å². The molecule has 0 bridgehead atoms. The predicted molar refractivity (Wildman–Crippen MR) is 158 cm³/mol. The van der Waals surface area contributed by atoms with E-state index in [1.807, 2.05) is 32.9 Å². The van der Waals surface area contributed by atoms with Crippen LogP contribution in [0.15, 0.2) is 42.5 Å². The zero-order valence-electron chi connectivity index (χ0n) is 26.3. The van der Waals surface area contributed by atoms with Gasteiger partial charge in [-0.3, -0.25) is 9.80 Å². The molecule has 12 heteroatoms. The van der Waals surface area contributed by atoms with Crippen molar-refractivity contribution in [2.24, 2.45) is 0 Å². The molecule has 2 aliphatic heterocycles. The number of alkyl halides is 6. The minimum atomic E-state index is -5.06. The molecule has 1 saturated heterocycles. The van der Waals surface area contributed by atoms with E-state index < -0.39 is 52.6 Å². The van der Waals surface area contributed by atoms with Gasteiger partial charge in [-0.15, -0.1) is 0 Å². The number of ether oxygens (including phenoxy) is 2. The molecule has 0 aliphatic carbocycles. The normalized spacial score (nSPS) is 18.3. The van der Waals surface area contributed by atoms with E-state index in [2.05, 4.69) is 4.90 Å². The quantitative estimate of drug-likeness (QED) is 0.239. The number of carbonyl (C=O) groups is 1. The first kappa shape index (κ1) is 33.6. The third kappa shape index (κ3) is 6.15. The van der Waals surface area contributed by atoms with Gasteiger partial charge in [0.2, 0.25) is 0 Å². The third-order valence-corrected chi connectivity index (χ3v) is 8.91. The summed E-state index contributed by atoms with van der Waals surface area (Å²) in [6.45, 7) is 10.9. The van der Waals surface area contributed by atoms with Crippen LogP contribution in [0.2, 0.25) is 0 Å². The van der Waals surface area contributed by atoms with E-state index >= 15 is 0 Å². The summed E-state index contributed by atoms with van der Waals surface area (Å²) in [5, 5.41) is 0. The number of benzene rings is 3. The molecule has 2 aliphatic rings. The van der Waals surface area contributed by atoms with Gasteiger partial charge in [0.05, 0.1) is 30.3 Å². The van der Waals surface area contributed by atoms with Crippen LogP contribution in [0, 0.1) is 5.82 Å². The minimum Gasteiger partial charge on any atom is -0.496 e. The van der Waals surface area contributed by atoms with Crippen LogP contribution in [0.5, 0.6) is 5.75 Å². The summed E-state index contributed by atoms with van der Waals surface area (Å²) in [5.41, 5.74) is -0.352. The maximum Gasteiger partial charge on any atom is 0.416 e. The molecule has 1 unspecified atom stereocenters. The number of fused-ring (bicyclic) bond motifs is 1. The fraction of sp³-hybridized carbons (Fsp3) is 0.441. The summed E-state index contributed by atoms with van der Waals surface area (Å²) in [6, 6.07) is 8.19. The topological polar surface area (TPSA) is 42.0 Å². The lowest BCUT2D eigenvalue weighted by molar-refractivity contribution is -0.143. The van der Waals surface area contributed by atoms with Gasteiger partial charge in [-0.2, -0.15) is 26.3 Å². The Bertz CT molecular complexity index is 1630. The standard InChI is InChI=1S/C34H35F7N2O3/c1-7-42-15-20-8-22(26(11-21(20)16-42)27-13-25(18(2)3)28(35)14-29(27)45-6)17-43-31(44)46-30(32(43,4)5)19-9-23(33(36,37)38)12-24(10-19)34(39,40)41/h8-14,18,30H,7,15-17H2,1-6H3. The predicted octanol–water partition coefficient (Wildman–Crippen LogP) is 9.47. The van der Waals surface area contributed by atoms with Crippen LogP contribution in [0.25, 0.3) is 11.1 Å².